The van der Waals surface area contributed by atoms with Gasteiger partial charge in [0.25, 0.3) is 74.9 Å². The lowest BCUT2D eigenvalue weighted by Crippen LogP contribution is -2.78. The van der Waals surface area contributed by atoms with Crippen LogP contribution in [0.1, 0.15) is 7.43 Å². The molecule has 0 radical (unpaired) electrons. The molecule has 22 heteroatoms. The number of nitrogens with zero attached hydrogens (tertiary/aromatic N) is 2. The second kappa shape index (κ2) is 14.3. The Hall–Kier alpha value is 0.274. The summed E-state index contributed by atoms with van der Waals surface area (Å²) < 4.78 is 4.44. The predicted octanol–water partition coefficient (Wildman–Crippen LogP) is -10.3. The normalized spacial score (nSPS) is 21.8. The lowest BCUT2D eigenvalue weighted by molar-refractivity contribution is 0.807. The molecule has 0 aliphatic carbocycles. The first-order valence-corrected chi connectivity index (χ1v) is 8.65. The van der Waals surface area contributed by atoms with Gasteiger partial charge in [0.15, 0.2) is 0 Å². The molecule has 25 heavy (non-hydrogen) atoms. The fourth-order valence-corrected chi connectivity index (χ4v) is 2.47. The third-order valence-electron chi connectivity index (χ3n) is 3.92. The highest BCUT2D eigenvalue weighted by molar-refractivity contribution is 6.86. The zero-order valence-corrected chi connectivity index (χ0v) is 14.9. The predicted molar refractivity (Wildman–Crippen MR) is 126 cm³/mol. The Bertz CT molecular complexity index is 270. The van der Waals surface area contributed by atoms with E-state index in [2.05, 4.69) is 69.5 Å². The van der Waals surface area contributed by atoms with Crippen molar-refractivity contribution < 1.29 is 0 Å². The van der Waals surface area contributed by atoms with Gasteiger partial charge in [-0.15, -0.1) is 0 Å². The summed E-state index contributed by atoms with van der Waals surface area (Å²) in [5.41, 5.74) is 0. The van der Waals surface area contributed by atoms with Crippen LogP contribution in [0.5, 0.6) is 0 Å². The first-order chi connectivity index (χ1) is 11.8. The van der Waals surface area contributed by atoms with Crippen LogP contribution < -0.4 is 46.2 Å². The number of hydrogen-bond donors (Lipinski definition) is 9. The first-order valence-electron chi connectivity index (χ1n) is 8.65. The van der Waals surface area contributed by atoms with E-state index in [-0.39, 0.29) is 7.43 Å². The third-order valence-corrected chi connectivity index (χ3v) is 3.92. The van der Waals surface area contributed by atoms with E-state index < -0.39 is 0 Å². The Labute approximate surface area is 159 Å². The number of fused-ring (bicyclic) bond motifs is 1. The van der Waals surface area contributed by atoms with Gasteiger partial charge >= 0.3 is 7.12 Å². The molecular weight excluding hydrogens is 309 g/mol. The van der Waals surface area contributed by atoms with Crippen LogP contribution in [0.25, 0.3) is 0 Å². The van der Waals surface area contributed by atoms with Crippen LogP contribution >= 0.6 is 0 Å². The second-order valence-corrected chi connectivity index (χ2v) is 6.15. The molecule has 0 aromatic heterocycles. The average Bonchev–Trinajstić information content (AvgIpc) is 2.67. The fraction of sp³-hybridized carbons (Fsp3) is 1.00. The molecule has 0 bridgehead atoms. The van der Waals surface area contributed by atoms with Crippen LogP contribution in [-0.4, -0.2) is 98.4 Å². The summed E-state index contributed by atoms with van der Waals surface area (Å²) in [6.45, 7) is 2.60. The molecule has 4 rings (SSSR count). The van der Waals surface area contributed by atoms with Crippen LogP contribution in [0.15, 0.2) is 0 Å². The Balaban J connectivity index is 0.000000190. The van der Waals surface area contributed by atoms with E-state index in [1.807, 2.05) is 0 Å². The van der Waals surface area contributed by atoms with Crippen molar-refractivity contribution in [1.82, 2.24) is 55.6 Å². The van der Waals surface area contributed by atoms with Crippen molar-refractivity contribution in [3.05, 3.63) is 0 Å². The lowest BCUT2D eigenvalue weighted by atomic mass is 9.61. The molecule has 4 aliphatic heterocycles. The zero-order valence-electron chi connectivity index (χ0n) is 14.9. The smallest absolute Gasteiger partial charge is 0.355 e. The fourth-order valence-electron chi connectivity index (χ4n) is 2.47. The van der Waals surface area contributed by atoms with Crippen molar-refractivity contribution in [1.29, 1.82) is 0 Å². The summed E-state index contributed by atoms with van der Waals surface area (Å²) in [5, 5.41) is 28.7. The van der Waals surface area contributed by atoms with Crippen LogP contribution in [-0.2, 0) is 0 Å². The zero-order chi connectivity index (χ0) is 17.0. The van der Waals surface area contributed by atoms with Gasteiger partial charge in [-0.25, -0.2) is 0 Å². The summed E-state index contributed by atoms with van der Waals surface area (Å²) in [5.74, 6) is 0. The summed E-state index contributed by atoms with van der Waals surface area (Å²) in [7, 11) is 10.9. The van der Waals surface area contributed by atoms with Gasteiger partial charge in [0.2, 0.25) is 0 Å². The molecule has 128 valence electrons. The molecule has 0 amide bonds. The number of nitrogens with one attached hydrogen (secondary N) is 9. The molecule has 4 heterocycles. The molecular formula is C3H28B11N11. The molecule has 0 aromatic carbocycles. The van der Waals surface area contributed by atoms with Gasteiger partial charge in [-0.05, 0) is 7.05 Å². The minimum absolute atomic E-state index is 0. The van der Waals surface area contributed by atoms with E-state index in [9.17, 15) is 0 Å². The van der Waals surface area contributed by atoms with Crippen molar-refractivity contribution in [3.63, 3.8) is 0 Å². The molecule has 0 spiro atoms. The van der Waals surface area contributed by atoms with Gasteiger partial charge < -0.3 is 55.6 Å². The van der Waals surface area contributed by atoms with E-state index in [1.165, 1.54) is 0 Å². The molecule has 0 atom stereocenters. The Kier molecular flexibility index (Phi) is 13.4. The van der Waals surface area contributed by atoms with Gasteiger partial charge in [0.05, 0.1) is 0 Å². The first kappa shape index (κ1) is 23.3. The van der Waals surface area contributed by atoms with E-state index in [0.717, 1.165) is 67.9 Å². The lowest BCUT2D eigenvalue weighted by Gasteiger charge is -2.36. The van der Waals surface area contributed by atoms with Crippen LogP contribution in [0, 0.1) is 0 Å². The van der Waals surface area contributed by atoms with E-state index in [0.29, 0.717) is 14.1 Å². The van der Waals surface area contributed by atoms with E-state index in [1.54, 1.807) is 0 Å². The van der Waals surface area contributed by atoms with Crippen molar-refractivity contribution in [2.75, 3.05) is 7.05 Å². The molecule has 9 N–H and O–H groups in total. The van der Waals surface area contributed by atoms with Gasteiger partial charge in [0.1, 0.15) is 0 Å². The second-order valence-electron chi connectivity index (χ2n) is 6.15. The summed E-state index contributed by atoms with van der Waals surface area (Å²) in [4.78, 5) is 0. The molecule has 4 aliphatic rings. The Morgan fingerprint density at radius 3 is 1.48 bits per heavy atom. The maximum Gasteiger partial charge on any atom is 0.355 e. The molecule has 0 saturated carbocycles. The van der Waals surface area contributed by atoms with Gasteiger partial charge in [-0.1, -0.05) is 14.2 Å². The van der Waals surface area contributed by atoms with E-state index >= 15 is 0 Å². The third kappa shape index (κ3) is 10.3. The number of rotatable bonds is 0. The maximum absolute atomic E-state index is 3.28. The minimum Gasteiger partial charge on any atom is -0.379 e. The van der Waals surface area contributed by atoms with Crippen LogP contribution in [0.4, 0.5) is 0 Å². The summed E-state index contributed by atoms with van der Waals surface area (Å²) in [6, 6.07) is 0. The van der Waals surface area contributed by atoms with Gasteiger partial charge in [-0.3, -0.25) is 0 Å². The minimum atomic E-state index is 0. The molecule has 0 aromatic rings. The van der Waals surface area contributed by atoms with Gasteiger partial charge in [0, 0.05) is 0 Å². The number of hydrogen-bond acceptors (Lipinski definition) is 11. The van der Waals surface area contributed by atoms with Crippen molar-refractivity contribution in [2.24, 2.45) is 0 Å². The maximum atomic E-state index is 3.28. The molecule has 11 nitrogen and oxygen atoms in total. The standard InChI is InChI=1S/C2H10B3N3.CH4.B5H8N5.B3H6N3/c1-5-6-3-8(2)4-7-5;;1-6-3-10-4-7-2-9-5(10)8-1;1-4-2-6-3-5-1/h3-4,6-7H,1-2H3;1H4;1-4,6-9H;1-6H. The van der Waals surface area contributed by atoms with Crippen LogP contribution in [0.2, 0.25) is 6.82 Å². The topological polar surface area (TPSA) is 115 Å². The Morgan fingerprint density at radius 2 is 1.12 bits per heavy atom. The van der Waals surface area contributed by atoms with Crippen molar-refractivity contribution >= 4 is 82.0 Å². The quantitative estimate of drug-likeness (QED) is 0.196. The van der Waals surface area contributed by atoms with E-state index in [4.69, 9.17) is 0 Å². The summed E-state index contributed by atoms with van der Waals surface area (Å²) in [6.07, 6.45) is 0. The molecule has 4 fully saturated rings. The Morgan fingerprint density at radius 1 is 0.640 bits per heavy atom. The monoisotopic (exact) mass is 339 g/mol. The highest BCUT2D eigenvalue weighted by atomic mass is 15.2. The SMILES string of the molecule is B1NBN2BNBNB2N1.B1NBNBN1.C.CB1NBN(C)BN1. The van der Waals surface area contributed by atoms with Crippen molar-refractivity contribution in [3.8, 4) is 0 Å². The van der Waals surface area contributed by atoms with Crippen molar-refractivity contribution in [2.45, 2.75) is 14.2 Å². The van der Waals surface area contributed by atoms with Gasteiger partial charge in [-0.2, -0.15) is 0 Å². The highest BCUT2D eigenvalue weighted by Gasteiger charge is 2.30. The van der Waals surface area contributed by atoms with Crippen LogP contribution in [0.3, 0.4) is 0 Å². The summed E-state index contributed by atoms with van der Waals surface area (Å²) >= 11 is 0. The highest BCUT2D eigenvalue weighted by Crippen LogP contribution is 1.86. The molecule has 0 unspecified atom stereocenters. The largest absolute Gasteiger partial charge is 0.379 e. The molecule has 4 saturated heterocycles. The average molecular weight is 337 g/mol.